The molecule has 34 heavy (non-hydrogen) atoms. The summed E-state index contributed by atoms with van der Waals surface area (Å²) in [6.45, 7) is 0.238. The number of sulfonamides is 1. The number of halogens is 2. The van der Waals surface area contributed by atoms with Crippen LogP contribution >= 0.6 is 22.6 Å². The molecule has 2 bridgehead atoms. The smallest absolute Gasteiger partial charge is 0.286 e. The number of carbonyl (C=O) groups excluding carboxylic acids is 2. The molecule has 1 amide bonds. The summed E-state index contributed by atoms with van der Waals surface area (Å²) in [5.41, 5.74) is 1.07. The first kappa shape index (κ1) is 22.1. The third-order valence-corrected chi connectivity index (χ3v) is 9.62. The molecule has 10 heteroatoms. The highest BCUT2D eigenvalue weighted by Crippen LogP contribution is 2.54. The van der Waals surface area contributed by atoms with Gasteiger partial charge in [0.1, 0.15) is 16.5 Å². The highest BCUT2D eigenvalue weighted by Gasteiger charge is 2.60. The molecule has 2 aromatic rings. The molecule has 2 aliphatic carbocycles. The fraction of sp³-hybridized carbons (Fsp3) is 0.375. The molecule has 2 aliphatic heterocycles. The number of ketones is 1. The van der Waals surface area contributed by atoms with E-state index in [1.54, 1.807) is 29.2 Å². The molecule has 3 unspecified atom stereocenters. The maximum Gasteiger partial charge on any atom is 0.286 e. The molecule has 1 N–H and O–H groups in total. The molecule has 6 rings (SSSR count). The second kappa shape index (κ2) is 7.84. The number of amidine groups is 1. The van der Waals surface area contributed by atoms with Gasteiger partial charge >= 0.3 is 0 Å². The van der Waals surface area contributed by atoms with Crippen LogP contribution in [0.15, 0.2) is 51.8 Å². The molecule has 2 heterocycles. The van der Waals surface area contributed by atoms with E-state index >= 15 is 0 Å². The standard InChI is InChI=1S/C24H21FIN3O4S/c25-15-5-1-12(2-6-15)11-29-21-14-4-3-13(9-14)19(21)22(30)20(24(29)31)23-27-17-8-7-16(26)10-18(17)34(32,33)28-23/h1-2,5-8,10,13-14,19-21H,3-4,9,11H2,(H,27,28)/t13?,14-,19?,20?,21+/m0/s1. The van der Waals surface area contributed by atoms with Crippen molar-refractivity contribution in [3.8, 4) is 0 Å². The van der Waals surface area contributed by atoms with Crippen molar-refractivity contribution in [1.29, 1.82) is 0 Å². The number of likely N-dealkylation sites (tertiary alicyclic amines) is 1. The van der Waals surface area contributed by atoms with Crippen LogP contribution in [0, 0.1) is 33.1 Å². The number of carbonyl (C=O) groups is 2. The Hall–Kier alpha value is -2.34. The number of anilines is 1. The minimum Gasteiger partial charge on any atom is -0.341 e. The maximum absolute atomic E-state index is 13.8. The molecule has 0 spiro atoms. The van der Waals surface area contributed by atoms with Crippen molar-refractivity contribution in [3.63, 3.8) is 0 Å². The predicted molar refractivity (Wildman–Crippen MR) is 131 cm³/mol. The van der Waals surface area contributed by atoms with Crippen molar-refractivity contribution >= 4 is 55.8 Å². The van der Waals surface area contributed by atoms with E-state index in [9.17, 15) is 22.4 Å². The van der Waals surface area contributed by atoms with E-state index in [1.807, 2.05) is 22.6 Å². The quantitative estimate of drug-likeness (QED) is 0.434. The molecular formula is C24H21FIN3O4S. The first-order chi connectivity index (χ1) is 16.2. The van der Waals surface area contributed by atoms with Gasteiger partial charge in [-0.3, -0.25) is 9.59 Å². The van der Waals surface area contributed by atoms with Crippen LogP contribution < -0.4 is 5.32 Å². The second-order valence-corrected chi connectivity index (χ2v) is 12.3. The van der Waals surface area contributed by atoms with Gasteiger partial charge in [-0.15, -0.1) is 4.40 Å². The molecule has 176 valence electrons. The number of hydrogen-bond acceptors (Lipinski definition) is 5. The number of hydrogen-bond donors (Lipinski definition) is 1. The van der Waals surface area contributed by atoms with Gasteiger partial charge in [-0.25, -0.2) is 4.39 Å². The number of fused-ring (bicyclic) bond motifs is 6. The van der Waals surface area contributed by atoms with Crippen LogP contribution in [0.4, 0.5) is 10.1 Å². The number of nitrogens with one attached hydrogen (secondary N) is 1. The van der Waals surface area contributed by atoms with Crippen LogP contribution in [0.2, 0.25) is 0 Å². The van der Waals surface area contributed by atoms with Gasteiger partial charge in [0.2, 0.25) is 5.91 Å². The Labute approximate surface area is 210 Å². The van der Waals surface area contributed by atoms with Crippen LogP contribution in [-0.4, -0.2) is 36.9 Å². The van der Waals surface area contributed by atoms with Crippen molar-refractivity contribution in [2.24, 2.45) is 28.1 Å². The number of amides is 1. The Morgan fingerprint density at radius 2 is 1.82 bits per heavy atom. The summed E-state index contributed by atoms with van der Waals surface area (Å²) in [6.07, 6.45) is 2.79. The highest BCUT2D eigenvalue weighted by molar-refractivity contribution is 14.1. The molecule has 2 saturated carbocycles. The van der Waals surface area contributed by atoms with E-state index in [0.29, 0.717) is 5.69 Å². The highest BCUT2D eigenvalue weighted by atomic mass is 127. The van der Waals surface area contributed by atoms with Crippen LogP contribution in [0.3, 0.4) is 0 Å². The molecule has 1 saturated heterocycles. The van der Waals surface area contributed by atoms with Gasteiger partial charge in [0.05, 0.1) is 5.69 Å². The van der Waals surface area contributed by atoms with Crippen LogP contribution in [0.1, 0.15) is 24.8 Å². The van der Waals surface area contributed by atoms with Gasteiger partial charge in [0.15, 0.2) is 11.7 Å². The summed E-state index contributed by atoms with van der Waals surface area (Å²) < 4.78 is 44.0. The summed E-state index contributed by atoms with van der Waals surface area (Å²) in [7, 11) is -4.07. The fourth-order valence-corrected chi connectivity index (χ4v) is 8.12. The van der Waals surface area contributed by atoms with Crippen LogP contribution in [0.25, 0.3) is 0 Å². The van der Waals surface area contributed by atoms with Gasteiger partial charge in [-0.1, -0.05) is 12.1 Å². The number of rotatable bonds is 3. The van der Waals surface area contributed by atoms with E-state index in [0.717, 1.165) is 28.4 Å². The minimum absolute atomic E-state index is 0.0276. The van der Waals surface area contributed by atoms with Gasteiger partial charge in [-0.2, -0.15) is 8.42 Å². The van der Waals surface area contributed by atoms with Crippen molar-refractivity contribution in [2.45, 2.75) is 36.7 Å². The average Bonchev–Trinajstić information content (AvgIpc) is 3.40. The van der Waals surface area contributed by atoms with E-state index in [2.05, 4.69) is 9.71 Å². The summed E-state index contributed by atoms with van der Waals surface area (Å²) in [4.78, 5) is 29.3. The average molecular weight is 593 g/mol. The largest absolute Gasteiger partial charge is 0.341 e. The molecule has 3 fully saturated rings. The zero-order chi connectivity index (χ0) is 23.8. The maximum atomic E-state index is 13.8. The Morgan fingerprint density at radius 3 is 2.59 bits per heavy atom. The lowest BCUT2D eigenvalue weighted by Crippen LogP contribution is -2.61. The monoisotopic (exact) mass is 593 g/mol. The first-order valence-corrected chi connectivity index (χ1v) is 13.7. The van der Waals surface area contributed by atoms with Gasteiger partial charge in [0, 0.05) is 22.1 Å². The Balaban J connectivity index is 1.41. The lowest BCUT2D eigenvalue weighted by atomic mass is 9.73. The van der Waals surface area contributed by atoms with Crippen molar-refractivity contribution in [1.82, 2.24) is 4.90 Å². The Morgan fingerprint density at radius 1 is 1.09 bits per heavy atom. The van der Waals surface area contributed by atoms with Crippen LogP contribution in [0.5, 0.6) is 0 Å². The molecule has 0 radical (unpaired) electrons. The lowest BCUT2D eigenvalue weighted by molar-refractivity contribution is -0.153. The normalized spacial score (nSPS) is 31.1. The number of nitrogens with zero attached hydrogens (tertiary/aromatic N) is 2. The summed E-state index contributed by atoms with van der Waals surface area (Å²) in [5, 5.41) is 2.98. The minimum atomic E-state index is -4.07. The third kappa shape index (κ3) is 3.40. The van der Waals surface area contributed by atoms with E-state index < -0.39 is 21.8 Å². The second-order valence-electron chi connectivity index (χ2n) is 9.49. The topological polar surface area (TPSA) is 95.9 Å². The number of benzene rings is 2. The van der Waals surface area contributed by atoms with Crippen LogP contribution in [-0.2, 0) is 26.2 Å². The first-order valence-electron chi connectivity index (χ1n) is 11.2. The zero-order valence-corrected chi connectivity index (χ0v) is 20.9. The summed E-state index contributed by atoms with van der Waals surface area (Å²) >= 11 is 2.02. The summed E-state index contributed by atoms with van der Waals surface area (Å²) in [5.74, 6) is -2.39. The zero-order valence-electron chi connectivity index (χ0n) is 17.9. The molecule has 0 aromatic heterocycles. The number of piperidine rings is 1. The lowest BCUT2D eigenvalue weighted by Gasteiger charge is -2.45. The molecule has 4 aliphatic rings. The molecule has 2 aromatic carbocycles. The SMILES string of the molecule is O=C1C(C2=NS(=O)(=O)c3cc(I)ccc3N2)C(=O)N(Cc2ccc(F)cc2)[C@H]2C1C1CC[C@H]2C1. The van der Waals surface area contributed by atoms with Gasteiger partial charge in [0.25, 0.3) is 10.0 Å². The van der Waals surface area contributed by atoms with Gasteiger partial charge in [-0.05, 0) is 89.6 Å². The number of Topliss-reactive ketones (excluding diaryl/α,β-unsaturated/α-hetero) is 1. The summed E-state index contributed by atoms with van der Waals surface area (Å²) in [6, 6.07) is 10.6. The Kier molecular flexibility index (Phi) is 5.11. The fourth-order valence-electron chi connectivity index (χ4n) is 6.24. The van der Waals surface area contributed by atoms with Crippen molar-refractivity contribution < 1.29 is 22.4 Å². The molecular weight excluding hydrogens is 572 g/mol. The predicted octanol–water partition coefficient (Wildman–Crippen LogP) is 3.59. The third-order valence-electron chi connectivity index (χ3n) is 7.62. The van der Waals surface area contributed by atoms with E-state index in [1.165, 1.54) is 18.2 Å². The van der Waals surface area contributed by atoms with Gasteiger partial charge < -0.3 is 10.2 Å². The molecule has 7 nitrogen and oxygen atoms in total. The molecule has 5 atom stereocenters. The van der Waals surface area contributed by atoms with Crippen molar-refractivity contribution in [3.05, 3.63) is 57.4 Å². The Bertz CT molecular complexity index is 1360. The van der Waals surface area contributed by atoms with E-state index in [-0.39, 0.29) is 52.7 Å². The van der Waals surface area contributed by atoms with E-state index in [4.69, 9.17) is 0 Å². The van der Waals surface area contributed by atoms with Crippen molar-refractivity contribution in [2.75, 3.05) is 5.32 Å².